The molecule has 2 aliphatic rings. The summed E-state index contributed by atoms with van der Waals surface area (Å²) in [6.45, 7) is 6.57. The van der Waals surface area contributed by atoms with E-state index in [1.54, 1.807) is 12.1 Å². The second-order valence-electron chi connectivity index (χ2n) is 12.4. The van der Waals surface area contributed by atoms with Crippen LogP contribution in [0.5, 0.6) is 0 Å². The summed E-state index contributed by atoms with van der Waals surface area (Å²) < 4.78 is 25.3. The maximum atomic E-state index is 13.9. The van der Waals surface area contributed by atoms with Crippen molar-refractivity contribution in [2.45, 2.75) is 89.8 Å². The Morgan fingerprint density at radius 2 is 1.93 bits per heavy atom. The summed E-state index contributed by atoms with van der Waals surface area (Å²) in [4.78, 5) is 33.5. The average Bonchev–Trinajstić information content (AvgIpc) is 3.50. The van der Waals surface area contributed by atoms with Crippen molar-refractivity contribution in [2.24, 2.45) is 5.92 Å². The van der Waals surface area contributed by atoms with E-state index in [9.17, 15) is 14.0 Å². The SMILES string of the molecule is CC(C)(C)OC(=O)C[C@@H](CN1CCc2cc(F)ccc21)NC(=O)[C@H](CC1CCCCC1)Nc1nc2ccccc2o1. The van der Waals surface area contributed by atoms with Gasteiger partial charge < -0.3 is 24.7 Å². The van der Waals surface area contributed by atoms with Crippen LogP contribution in [0, 0.1) is 11.7 Å². The first-order valence-electron chi connectivity index (χ1n) is 14.8. The van der Waals surface area contributed by atoms with Crippen LogP contribution in [0.25, 0.3) is 11.1 Å². The zero-order valence-electron chi connectivity index (χ0n) is 24.2. The van der Waals surface area contributed by atoms with Crippen LogP contribution in [0.15, 0.2) is 46.9 Å². The number of esters is 1. The number of nitrogens with zero attached hydrogens (tertiary/aromatic N) is 2. The van der Waals surface area contributed by atoms with Gasteiger partial charge in [0.25, 0.3) is 6.01 Å². The van der Waals surface area contributed by atoms with E-state index in [1.165, 1.54) is 12.5 Å². The number of aromatic nitrogens is 1. The summed E-state index contributed by atoms with van der Waals surface area (Å²) in [5, 5.41) is 6.43. The largest absolute Gasteiger partial charge is 0.460 e. The molecule has 2 aromatic carbocycles. The molecule has 2 atom stereocenters. The van der Waals surface area contributed by atoms with Crippen molar-refractivity contribution in [3.05, 3.63) is 53.8 Å². The van der Waals surface area contributed by atoms with E-state index < -0.39 is 17.7 Å². The number of nitrogens with one attached hydrogen (secondary N) is 2. The number of oxazole rings is 1. The van der Waals surface area contributed by atoms with Gasteiger partial charge >= 0.3 is 5.97 Å². The standard InChI is InChI=1S/C32H41FN4O4/c1-32(2,3)41-29(38)19-24(20-37-16-15-22-18-23(33)13-14-27(22)37)34-30(39)26(17-21-9-5-4-6-10-21)36-31-35-25-11-7-8-12-28(25)40-31/h7-8,11-14,18,21,24,26H,4-6,9-10,15-17,19-20H2,1-3H3,(H,34,39)(H,35,36)/t24-,26-/m0/s1. The Balaban J connectivity index is 1.35. The third-order valence-corrected chi connectivity index (χ3v) is 7.86. The van der Waals surface area contributed by atoms with Crippen molar-refractivity contribution in [2.75, 3.05) is 23.3 Å². The Morgan fingerprint density at radius 3 is 2.68 bits per heavy atom. The predicted octanol–water partition coefficient (Wildman–Crippen LogP) is 6.00. The molecule has 0 unspecified atom stereocenters. The molecule has 0 saturated heterocycles. The molecule has 1 aliphatic heterocycles. The van der Waals surface area contributed by atoms with Crippen LogP contribution in [-0.4, -0.2) is 47.6 Å². The van der Waals surface area contributed by atoms with Gasteiger partial charge in [-0.05, 0) is 75.4 Å². The van der Waals surface area contributed by atoms with Gasteiger partial charge in [-0.25, -0.2) is 4.39 Å². The lowest BCUT2D eigenvalue weighted by Crippen LogP contribution is -2.50. The van der Waals surface area contributed by atoms with Crippen molar-refractivity contribution in [3.63, 3.8) is 0 Å². The Kier molecular flexibility index (Phi) is 8.80. The number of amides is 1. The van der Waals surface area contributed by atoms with Crippen LogP contribution >= 0.6 is 0 Å². The average molecular weight is 565 g/mol. The Bertz CT molecular complexity index is 1330. The highest BCUT2D eigenvalue weighted by Gasteiger charge is 2.31. The molecule has 2 heterocycles. The van der Waals surface area contributed by atoms with Crippen LogP contribution in [0.2, 0.25) is 0 Å². The lowest BCUT2D eigenvalue weighted by atomic mass is 9.84. The second-order valence-corrected chi connectivity index (χ2v) is 12.4. The topological polar surface area (TPSA) is 96.7 Å². The van der Waals surface area contributed by atoms with Gasteiger partial charge in [-0.2, -0.15) is 4.98 Å². The van der Waals surface area contributed by atoms with Crippen molar-refractivity contribution in [1.82, 2.24) is 10.3 Å². The second kappa shape index (κ2) is 12.5. The number of ether oxygens (including phenoxy) is 1. The molecule has 0 radical (unpaired) electrons. The van der Waals surface area contributed by atoms with E-state index in [0.717, 1.165) is 42.5 Å². The number of anilines is 2. The highest BCUT2D eigenvalue weighted by molar-refractivity contribution is 5.85. The number of rotatable bonds is 10. The maximum absolute atomic E-state index is 13.9. The summed E-state index contributed by atoms with van der Waals surface area (Å²) in [6, 6.07) is 11.5. The lowest BCUT2D eigenvalue weighted by Gasteiger charge is -2.30. The minimum atomic E-state index is -0.637. The first-order chi connectivity index (χ1) is 19.6. The van der Waals surface area contributed by atoms with E-state index in [0.29, 0.717) is 43.4 Å². The summed E-state index contributed by atoms with van der Waals surface area (Å²) in [5.41, 5.74) is 2.59. The van der Waals surface area contributed by atoms with Crippen LogP contribution in [0.4, 0.5) is 16.1 Å². The molecule has 1 aliphatic carbocycles. The van der Waals surface area contributed by atoms with Crippen molar-refractivity contribution >= 4 is 34.7 Å². The normalized spacial score (nSPS) is 17.2. The zero-order valence-corrected chi connectivity index (χ0v) is 24.2. The molecular formula is C32H41FN4O4. The van der Waals surface area contributed by atoms with Gasteiger partial charge in [-0.1, -0.05) is 44.2 Å². The number of para-hydroxylation sites is 2. The fourth-order valence-electron chi connectivity index (χ4n) is 6.01. The number of fused-ring (bicyclic) bond motifs is 2. The zero-order chi connectivity index (χ0) is 29.0. The molecule has 0 bridgehead atoms. The molecule has 1 saturated carbocycles. The van der Waals surface area contributed by atoms with Gasteiger partial charge in [0.1, 0.15) is 23.0 Å². The van der Waals surface area contributed by atoms with Gasteiger partial charge in [0.15, 0.2) is 5.58 Å². The lowest BCUT2D eigenvalue weighted by molar-refractivity contribution is -0.155. The van der Waals surface area contributed by atoms with Gasteiger partial charge in [0.05, 0.1) is 12.5 Å². The minimum Gasteiger partial charge on any atom is -0.460 e. The predicted molar refractivity (Wildman–Crippen MR) is 157 cm³/mol. The molecule has 1 aromatic heterocycles. The molecule has 0 spiro atoms. The van der Waals surface area contributed by atoms with E-state index in [4.69, 9.17) is 9.15 Å². The molecule has 9 heteroatoms. The van der Waals surface area contributed by atoms with Gasteiger partial charge in [0.2, 0.25) is 5.91 Å². The van der Waals surface area contributed by atoms with Crippen LogP contribution in [0.1, 0.15) is 71.3 Å². The van der Waals surface area contributed by atoms with Gasteiger partial charge in [-0.15, -0.1) is 0 Å². The maximum Gasteiger partial charge on any atom is 0.308 e. The smallest absolute Gasteiger partial charge is 0.308 e. The van der Waals surface area contributed by atoms with Crippen LogP contribution in [-0.2, 0) is 20.7 Å². The Labute approximate surface area is 241 Å². The fourth-order valence-corrected chi connectivity index (χ4v) is 6.01. The van der Waals surface area contributed by atoms with E-state index in [1.807, 2.05) is 45.0 Å². The molecule has 3 aromatic rings. The number of carbonyl (C=O) groups is 2. The highest BCUT2D eigenvalue weighted by atomic mass is 19.1. The van der Waals surface area contributed by atoms with E-state index in [-0.39, 0.29) is 24.1 Å². The first-order valence-corrected chi connectivity index (χ1v) is 14.8. The fraction of sp³-hybridized carbons (Fsp3) is 0.531. The molecule has 1 amide bonds. The molecule has 8 nitrogen and oxygen atoms in total. The Morgan fingerprint density at radius 1 is 1.15 bits per heavy atom. The first kappa shape index (κ1) is 28.9. The van der Waals surface area contributed by atoms with E-state index in [2.05, 4.69) is 20.5 Å². The molecule has 220 valence electrons. The van der Waals surface area contributed by atoms with Crippen LogP contribution < -0.4 is 15.5 Å². The number of benzene rings is 2. The number of carbonyl (C=O) groups excluding carboxylic acids is 2. The van der Waals surface area contributed by atoms with Gasteiger partial charge in [-0.3, -0.25) is 9.59 Å². The molecule has 2 N–H and O–H groups in total. The summed E-state index contributed by atoms with van der Waals surface area (Å²) >= 11 is 0. The van der Waals surface area contributed by atoms with Crippen LogP contribution in [0.3, 0.4) is 0 Å². The third kappa shape index (κ3) is 7.77. The third-order valence-electron chi connectivity index (χ3n) is 7.86. The Hall–Kier alpha value is -3.62. The summed E-state index contributed by atoms with van der Waals surface area (Å²) in [6.07, 6.45) is 7.11. The monoisotopic (exact) mass is 564 g/mol. The minimum absolute atomic E-state index is 0.0229. The van der Waals surface area contributed by atoms with E-state index >= 15 is 0 Å². The number of hydrogen-bond donors (Lipinski definition) is 2. The summed E-state index contributed by atoms with van der Waals surface area (Å²) in [7, 11) is 0. The number of hydrogen-bond acceptors (Lipinski definition) is 7. The summed E-state index contributed by atoms with van der Waals surface area (Å²) in [5.74, 6) is -0.428. The molecular weight excluding hydrogens is 523 g/mol. The highest BCUT2D eigenvalue weighted by Crippen LogP contribution is 2.30. The van der Waals surface area contributed by atoms with Gasteiger partial charge in [0, 0.05) is 18.8 Å². The molecule has 1 fully saturated rings. The molecule has 5 rings (SSSR count). The molecule has 41 heavy (non-hydrogen) atoms. The van der Waals surface area contributed by atoms with Crippen molar-refractivity contribution in [1.29, 1.82) is 0 Å². The number of halogens is 1. The quantitative estimate of drug-likeness (QED) is 0.292. The van der Waals surface area contributed by atoms with Crippen molar-refractivity contribution < 1.29 is 23.1 Å². The van der Waals surface area contributed by atoms with Crippen molar-refractivity contribution in [3.8, 4) is 0 Å².